The van der Waals surface area contributed by atoms with E-state index in [1.807, 2.05) is 6.08 Å². The van der Waals surface area contributed by atoms with Gasteiger partial charge in [-0.1, -0.05) is 12.2 Å². The average molecular weight is 211 g/mol. The molecule has 0 radical (unpaired) electrons. The van der Waals surface area contributed by atoms with Gasteiger partial charge in [0, 0.05) is 6.21 Å². The van der Waals surface area contributed by atoms with Gasteiger partial charge in [0.15, 0.2) is 0 Å². The third-order valence-electron chi connectivity index (χ3n) is 2.29. The Bertz CT molecular complexity index is 298. The Morgan fingerprint density at radius 2 is 2.20 bits per heavy atom. The molecule has 2 N–H and O–H groups in total. The summed E-state index contributed by atoms with van der Waals surface area (Å²) in [6.07, 6.45) is 6.28. The summed E-state index contributed by atoms with van der Waals surface area (Å²) in [5.41, 5.74) is 0. The summed E-state index contributed by atoms with van der Waals surface area (Å²) < 4.78 is 4.48. The van der Waals surface area contributed by atoms with Crippen LogP contribution in [-0.2, 0) is 14.3 Å². The first-order valence-corrected chi connectivity index (χ1v) is 4.72. The maximum Gasteiger partial charge on any atom is 0.321 e. The molecular formula is C10H13NO4. The van der Waals surface area contributed by atoms with Crippen LogP contribution in [0.1, 0.15) is 12.8 Å². The minimum Gasteiger partial charge on any atom is -0.392 e. The van der Waals surface area contributed by atoms with E-state index < -0.39 is 0 Å². The number of carbonyl (C=O) groups is 2. The molecule has 2 atom stereocenters. The van der Waals surface area contributed by atoms with E-state index in [1.54, 1.807) is 6.08 Å². The van der Waals surface area contributed by atoms with Gasteiger partial charge in [0.2, 0.25) is 0 Å². The van der Waals surface area contributed by atoms with Crippen LogP contribution in [0.4, 0.5) is 0 Å². The molecule has 0 aromatic rings. The van der Waals surface area contributed by atoms with E-state index in [2.05, 4.69) is 4.74 Å². The number of hydrogen-bond donors (Lipinski definition) is 2. The number of hydrogen-bond acceptors (Lipinski definition) is 5. The maximum absolute atomic E-state index is 10.9. The first kappa shape index (κ1) is 11.6. The van der Waals surface area contributed by atoms with E-state index in [9.17, 15) is 9.59 Å². The van der Waals surface area contributed by atoms with Crippen molar-refractivity contribution in [2.45, 2.75) is 12.8 Å². The fraction of sp³-hybridized carbons (Fsp3) is 0.500. The number of nitrogens with one attached hydrogen (secondary N) is 1. The molecule has 1 saturated heterocycles. The highest BCUT2D eigenvalue weighted by atomic mass is 16.6. The third kappa shape index (κ3) is 2.73. The second-order valence-corrected chi connectivity index (χ2v) is 3.26. The Hall–Kier alpha value is -1.49. The first-order valence-electron chi connectivity index (χ1n) is 4.72. The largest absolute Gasteiger partial charge is 0.392 e. The number of esters is 2. The van der Waals surface area contributed by atoms with E-state index in [0.29, 0.717) is 0 Å². The van der Waals surface area contributed by atoms with Crippen molar-refractivity contribution >= 4 is 18.2 Å². The highest BCUT2D eigenvalue weighted by Crippen LogP contribution is 2.32. The van der Waals surface area contributed by atoms with Crippen LogP contribution in [0.25, 0.3) is 0 Å². The third-order valence-corrected chi connectivity index (χ3v) is 2.29. The van der Waals surface area contributed by atoms with Crippen LogP contribution >= 0.6 is 0 Å². The van der Waals surface area contributed by atoms with Gasteiger partial charge in [0.05, 0.1) is 18.4 Å². The van der Waals surface area contributed by atoms with E-state index in [-0.39, 0.29) is 30.4 Å². The van der Waals surface area contributed by atoms with Crippen molar-refractivity contribution < 1.29 is 19.4 Å². The predicted molar refractivity (Wildman–Crippen MR) is 52.3 cm³/mol. The van der Waals surface area contributed by atoms with Crippen LogP contribution in [0, 0.1) is 17.2 Å². The molecule has 0 bridgehead atoms. The molecule has 15 heavy (non-hydrogen) atoms. The quantitative estimate of drug-likeness (QED) is 0.282. The molecule has 1 fully saturated rings. The van der Waals surface area contributed by atoms with Crippen molar-refractivity contribution in [2.75, 3.05) is 6.61 Å². The SMILES string of the molecule is N=CCO.O=C1OC(=O)C2CCC=CC12. The van der Waals surface area contributed by atoms with Crippen LogP contribution in [-0.4, -0.2) is 29.9 Å². The molecule has 5 heteroatoms. The lowest BCUT2D eigenvalue weighted by Gasteiger charge is -2.12. The predicted octanol–water partition coefficient (Wildman–Crippen LogP) is 0.280. The van der Waals surface area contributed by atoms with E-state index >= 15 is 0 Å². The van der Waals surface area contributed by atoms with Gasteiger partial charge in [-0.3, -0.25) is 9.59 Å². The summed E-state index contributed by atoms with van der Waals surface area (Å²) in [5, 5.41) is 13.7. The van der Waals surface area contributed by atoms with Crippen molar-refractivity contribution in [3.05, 3.63) is 12.2 Å². The Labute approximate surface area is 87.2 Å². The highest BCUT2D eigenvalue weighted by molar-refractivity contribution is 5.97. The van der Waals surface area contributed by atoms with Crippen LogP contribution in [0.5, 0.6) is 0 Å². The maximum atomic E-state index is 10.9. The summed E-state index contributed by atoms with van der Waals surface area (Å²) in [4.78, 5) is 21.9. The highest BCUT2D eigenvalue weighted by Gasteiger charge is 2.43. The topological polar surface area (TPSA) is 87.4 Å². The van der Waals surface area contributed by atoms with Crippen LogP contribution in [0.3, 0.4) is 0 Å². The Kier molecular flexibility index (Phi) is 4.17. The molecule has 1 heterocycles. The van der Waals surface area contributed by atoms with Crippen molar-refractivity contribution in [3.8, 4) is 0 Å². The van der Waals surface area contributed by atoms with Crippen LogP contribution < -0.4 is 0 Å². The number of cyclic esters (lactones) is 2. The van der Waals surface area contributed by atoms with Crippen molar-refractivity contribution in [3.63, 3.8) is 0 Å². The van der Waals surface area contributed by atoms with Crippen molar-refractivity contribution in [2.24, 2.45) is 11.8 Å². The number of ether oxygens (including phenoxy) is 1. The van der Waals surface area contributed by atoms with Crippen LogP contribution in [0.15, 0.2) is 12.2 Å². The molecule has 0 spiro atoms. The number of rotatable bonds is 1. The average Bonchev–Trinajstić information content (AvgIpc) is 2.56. The van der Waals surface area contributed by atoms with Gasteiger partial charge in [-0.15, -0.1) is 0 Å². The second kappa shape index (κ2) is 5.41. The molecule has 0 amide bonds. The lowest BCUT2D eigenvalue weighted by atomic mass is 9.86. The lowest BCUT2D eigenvalue weighted by molar-refractivity contribution is -0.153. The summed E-state index contributed by atoms with van der Waals surface area (Å²) >= 11 is 0. The molecule has 0 aromatic carbocycles. The minimum absolute atomic E-state index is 0.139. The zero-order valence-corrected chi connectivity index (χ0v) is 8.18. The molecule has 5 nitrogen and oxygen atoms in total. The Morgan fingerprint density at radius 3 is 2.73 bits per heavy atom. The summed E-state index contributed by atoms with van der Waals surface area (Å²) in [7, 11) is 0. The fourth-order valence-electron chi connectivity index (χ4n) is 1.58. The molecule has 82 valence electrons. The number of allylic oxidation sites excluding steroid dienone is 1. The molecule has 0 saturated carbocycles. The lowest BCUT2D eigenvalue weighted by Crippen LogP contribution is -2.17. The number of fused-ring (bicyclic) bond motifs is 1. The molecular weight excluding hydrogens is 198 g/mol. The molecule has 1 aliphatic heterocycles. The molecule has 1 aliphatic carbocycles. The Balaban J connectivity index is 0.000000245. The van der Waals surface area contributed by atoms with E-state index in [4.69, 9.17) is 10.5 Å². The Morgan fingerprint density at radius 1 is 1.53 bits per heavy atom. The summed E-state index contributed by atoms with van der Waals surface area (Å²) in [5.74, 6) is -1.19. The van der Waals surface area contributed by atoms with Gasteiger partial charge in [-0.05, 0) is 12.8 Å². The van der Waals surface area contributed by atoms with Gasteiger partial charge >= 0.3 is 11.9 Å². The molecule has 2 rings (SSSR count). The zero-order valence-electron chi connectivity index (χ0n) is 8.18. The van der Waals surface area contributed by atoms with Gasteiger partial charge < -0.3 is 15.3 Å². The van der Waals surface area contributed by atoms with E-state index in [1.165, 1.54) is 0 Å². The van der Waals surface area contributed by atoms with Crippen LogP contribution in [0.2, 0.25) is 0 Å². The second-order valence-electron chi connectivity index (χ2n) is 3.26. The van der Waals surface area contributed by atoms with Crippen molar-refractivity contribution in [1.82, 2.24) is 0 Å². The van der Waals surface area contributed by atoms with Gasteiger partial charge in [0.1, 0.15) is 0 Å². The standard InChI is InChI=1S/C8H8O3.C2H5NO/c9-7-5-3-1-2-4-6(5)8(10)11-7;3-1-2-4/h1,3,5-6H,2,4H2;1,3-4H,2H2. The van der Waals surface area contributed by atoms with Gasteiger partial charge in [0.25, 0.3) is 0 Å². The fourth-order valence-corrected chi connectivity index (χ4v) is 1.58. The normalized spacial score (nSPS) is 27.5. The smallest absolute Gasteiger partial charge is 0.321 e. The summed E-state index contributed by atoms with van der Waals surface area (Å²) in [6.45, 7) is -0.139. The monoisotopic (exact) mass is 211 g/mol. The number of aliphatic hydroxyl groups is 1. The number of aliphatic hydroxyl groups excluding tert-OH is 1. The minimum atomic E-state index is -0.379. The first-order chi connectivity index (χ1) is 7.20. The van der Waals surface area contributed by atoms with Gasteiger partial charge in [-0.25, -0.2) is 0 Å². The molecule has 2 unspecified atom stereocenters. The van der Waals surface area contributed by atoms with E-state index in [0.717, 1.165) is 19.1 Å². The summed E-state index contributed by atoms with van der Waals surface area (Å²) in [6, 6.07) is 0. The van der Waals surface area contributed by atoms with Crippen molar-refractivity contribution in [1.29, 1.82) is 5.41 Å². The zero-order chi connectivity index (χ0) is 11.3. The number of carbonyl (C=O) groups excluding carboxylic acids is 2. The molecule has 0 aromatic heterocycles. The molecule has 2 aliphatic rings. The van der Waals surface area contributed by atoms with Gasteiger partial charge in [-0.2, -0.15) is 0 Å².